The molecule has 0 radical (unpaired) electrons. The van der Waals surface area contributed by atoms with Crippen LogP contribution in [0, 0.1) is 5.92 Å². The lowest BCUT2D eigenvalue weighted by atomic mass is 10.0. The van der Waals surface area contributed by atoms with Gasteiger partial charge in [0.05, 0.1) is 31.6 Å². The lowest BCUT2D eigenvalue weighted by Gasteiger charge is -2.32. The molecule has 0 bridgehead atoms. The second-order valence-corrected chi connectivity index (χ2v) is 8.42. The van der Waals surface area contributed by atoms with E-state index in [0.717, 1.165) is 0 Å². The van der Waals surface area contributed by atoms with E-state index in [1.54, 1.807) is 54.5 Å². The van der Waals surface area contributed by atoms with Gasteiger partial charge in [0.15, 0.2) is 16.7 Å². The molecule has 3 N–H and O–H groups in total. The Morgan fingerprint density at radius 1 is 1.22 bits per heavy atom. The van der Waals surface area contributed by atoms with Gasteiger partial charge in [-0.25, -0.2) is 10.4 Å². The van der Waals surface area contributed by atoms with Crippen LogP contribution in [0.4, 0.5) is 11.4 Å². The first kappa shape index (κ1) is 22.4. The van der Waals surface area contributed by atoms with E-state index < -0.39 is 0 Å². The Morgan fingerprint density at radius 3 is 2.69 bits per heavy atom. The average Bonchev–Trinajstić information content (AvgIpc) is 3.27. The van der Waals surface area contributed by atoms with Crippen molar-refractivity contribution in [2.24, 2.45) is 10.9 Å². The number of nitrogens with zero attached hydrogens (tertiary/aromatic N) is 2. The summed E-state index contributed by atoms with van der Waals surface area (Å²) in [6.07, 6.45) is -0.373. The van der Waals surface area contributed by atoms with Gasteiger partial charge < -0.3 is 14.8 Å². The number of ether oxygens (including phenoxy) is 2. The number of nitrogens with one attached hydrogen (secondary N) is 3. The lowest BCUT2D eigenvalue weighted by molar-refractivity contribution is -0.121. The Morgan fingerprint density at radius 2 is 1.97 bits per heavy atom. The van der Waals surface area contributed by atoms with Crippen molar-refractivity contribution in [3.63, 3.8) is 0 Å². The van der Waals surface area contributed by atoms with E-state index in [4.69, 9.17) is 21.1 Å². The minimum absolute atomic E-state index is 0.0648. The zero-order chi connectivity index (χ0) is 22.7. The van der Waals surface area contributed by atoms with Gasteiger partial charge in [0.25, 0.3) is 0 Å². The third-order valence-corrected chi connectivity index (χ3v) is 6.22. The molecule has 168 valence electrons. The summed E-state index contributed by atoms with van der Waals surface area (Å²) in [5.74, 6) is 0.493. The van der Waals surface area contributed by atoms with Gasteiger partial charge in [0.1, 0.15) is 6.17 Å². The summed E-state index contributed by atoms with van der Waals surface area (Å²) in [7, 11) is 3.08. The number of rotatable bonds is 6. The number of carbonyl (C=O) groups excluding carboxylic acids is 2. The van der Waals surface area contributed by atoms with Crippen molar-refractivity contribution in [2.45, 2.75) is 6.17 Å². The number of aliphatic imine (C=N–C) groups is 1. The fraction of sp³-hybridized carbons (Fsp3) is 0.286. The normalized spacial score (nSPS) is 19.9. The first-order valence-corrected chi connectivity index (χ1v) is 11.2. The molecule has 2 atom stereocenters. The van der Waals surface area contributed by atoms with Crippen molar-refractivity contribution in [1.29, 1.82) is 0 Å². The predicted octanol–water partition coefficient (Wildman–Crippen LogP) is 2.48. The minimum atomic E-state index is -0.373. The maximum Gasteiger partial charge on any atom is 0.241 e. The number of hydrogen-bond acceptors (Lipinski definition) is 8. The monoisotopic (exact) mass is 475 g/mol. The quantitative estimate of drug-likeness (QED) is 0.589. The molecule has 2 aromatic carbocycles. The average molecular weight is 476 g/mol. The van der Waals surface area contributed by atoms with Gasteiger partial charge in [-0.1, -0.05) is 23.4 Å². The molecule has 0 aliphatic carbocycles. The molecule has 2 aromatic rings. The smallest absolute Gasteiger partial charge is 0.241 e. The highest BCUT2D eigenvalue weighted by Gasteiger charge is 2.42. The van der Waals surface area contributed by atoms with Crippen molar-refractivity contribution in [1.82, 2.24) is 10.9 Å². The lowest BCUT2D eigenvalue weighted by Crippen LogP contribution is -2.49. The Bertz CT molecular complexity index is 1050. The third kappa shape index (κ3) is 4.68. The molecule has 1 fully saturated rings. The Labute approximate surface area is 194 Å². The van der Waals surface area contributed by atoms with Crippen LogP contribution >= 0.6 is 23.4 Å². The zero-order valence-corrected chi connectivity index (χ0v) is 19.0. The van der Waals surface area contributed by atoms with E-state index >= 15 is 0 Å². The van der Waals surface area contributed by atoms with Crippen LogP contribution in [0.5, 0.6) is 11.5 Å². The molecule has 9 nitrogen and oxygen atoms in total. The number of amides is 2. The Kier molecular flexibility index (Phi) is 6.85. The largest absolute Gasteiger partial charge is 0.493 e. The Hall–Kier alpha value is -2.79. The van der Waals surface area contributed by atoms with E-state index in [2.05, 4.69) is 21.2 Å². The van der Waals surface area contributed by atoms with Crippen molar-refractivity contribution in [3.05, 3.63) is 47.5 Å². The number of hydrogen-bond donors (Lipinski definition) is 3. The molecular formula is C21H22ClN5O4S. The summed E-state index contributed by atoms with van der Waals surface area (Å²) >= 11 is 7.19. The van der Waals surface area contributed by atoms with Crippen molar-refractivity contribution < 1.29 is 19.1 Å². The molecular weight excluding hydrogens is 454 g/mol. The number of halogens is 1. The van der Waals surface area contributed by atoms with Crippen molar-refractivity contribution >= 4 is 51.7 Å². The summed E-state index contributed by atoms with van der Waals surface area (Å²) in [6.45, 7) is 0.481. The van der Waals surface area contributed by atoms with Gasteiger partial charge in [-0.15, -0.1) is 0 Å². The van der Waals surface area contributed by atoms with Gasteiger partial charge in [0.2, 0.25) is 11.8 Å². The molecule has 0 saturated carbocycles. The van der Waals surface area contributed by atoms with Crippen LogP contribution in [0.25, 0.3) is 0 Å². The van der Waals surface area contributed by atoms with E-state index in [1.165, 1.54) is 18.9 Å². The summed E-state index contributed by atoms with van der Waals surface area (Å²) in [6, 6.07) is 12.1. The summed E-state index contributed by atoms with van der Waals surface area (Å²) in [4.78, 5) is 32.0. The number of amidine groups is 1. The first-order valence-electron chi connectivity index (χ1n) is 9.80. The fourth-order valence-electron chi connectivity index (χ4n) is 3.44. The first-order chi connectivity index (χ1) is 15.5. The molecule has 0 spiro atoms. The van der Waals surface area contributed by atoms with Crippen LogP contribution in [0.3, 0.4) is 0 Å². The zero-order valence-electron chi connectivity index (χ0n) is 17.4. The maximum absolute atomic E-state index is 13.2. The second kappa shape index (κ2) is 9.78. The number of methoxy groups -OCH3 is 2. The van der Waals surface area contributed by atoms with Gasteiger partial charge in [-0.3, -0.25) is 19.9 Å². The number of carbonyl (C=O) groups is 2. The minimum Gasteiger partial charge on any atom is -0.493 e. The van der Waals surface area contributed by atoms with E-state index in [9.17, 15) is 9.59 Å². The summed E-state index contributed by atoms with van der Waals surface area (Å²) in [5.41, 5.74) is 7.21. The highest BCUT2D eigenvalue weighted by molar-refractivity contribution is 8.14. The molecule has 32 heavy (non-hydrogen) atoms. The number of thioether (sulfide) groups is 1. The van der Waals surface area contributed by atoms with E-state index in [-0.39, 0.29) is 29.7 Å². The van der Waals surface area contributed by atoms with Crippen LogP contribution in [0.2, 0.25) is 5.02 Å². The molecule has 2 unspecified atom stereocenters. The SMILES string of the molecule is COc1ccc(NC(=O)CSC2=NC3NNCC3C(=O)N2c2ccc(Cl)cc2)cc1OC. The molecule has 2 aliphatic rings. The van der Waals surface area contributed by atoms with Gasteiger partial charge in [-0.2, -0.15) is 0 Å². The van der Waals surface area contributed by atoms with Crippen LogP contribution in [-0.4, -0.2) is 49.7 Å². The second-order valence-electron chi connectivity index (χ2n) is 7.04. The fourth-order valence-corrected chi connectivity index (χ4v) is 4.41. The molecule has 1 saturated heterocycles. The maximum atomic E-state index is 13.2. The highest BCUT2D eigenvalue weighted by atomic mass is 35.5. The van der Waals surface area contributed by atoms with Crippen LogP contribution < -0.4 is 30.5 Å². The molecule has 11 heteroatoms. The predicted molar refractivity (Wildman–Crippen MR) is 125 cm³/mol. The van der Waals surface area contributed by atoms with E-state index in [0.29, 0.717) is 39.6 Å². The molecule has 2 aliphatic heterocycles. The third-order valence-electron chi connectivity index (χ3n) is 5.02. The van der Waals surface area contributed by atoms with Gasteiger partial charge >= 0.3 is 0 Å². The summed E-state index contributed by atoms with van der Waals surface area (Å²) < 4.78 is 10.5. The topological polar surface area (TPSA) is 104 Å². The van der Waals surface area contributed by atoms with Crippen LogP contribution in [-0.2, 0) is 9.59 Å². The standard InChI is InChI=1S/C21H22ClN5O4S/c1-30-16-8-5-13(9-17(16)31-2)24-18(28)11-32-21-25-19-15(10-23-26-19)20(29)27(21)14-6-3-12(22)4-7-14/h3-9,15,19,23,26H,10-11H2,1-2H3,(H,24,28). The molecule has 2 heterocycles. The van der Waals surface area contributed by atoms with Gasteiger partial charge in [0, 0.05) is 23.3 Å². The number of fused-ring (bicyclic) bond motifs is 1. The van der Waals surface area contributed by atoms with Crippen molar-refractivity contribution in [2.75, 3.05) is 36.7 Å². The molecule has 0 aromatic heterocycles. The van der Waals surface area contributed by atoms with Crippen LogP contribution in [0.15, 0.2) is 47.5 Å². The molecule has 2 amide bonds. The van der Waals surface area contributed by atoms with Crippen molar-refractivity contribution in [3.8, 4) is 11.5 Å². The van der Waals surface area contributed by atoms with E-state index in [1.807, 2.05) is 0 Å². The number of anilines is 2. The highest BCUT2D eigenvalue weighted by Crippen LogP contribution is 2.31. The summed E-state index contributed by atoms with van der Waals surface area (Å²) in [5, 5.41) is 3.84. The van der Waals surface area contributed by atoms with Crippen LogP contribution in [0.1, 0.15) is 0 Å². The number of hydrazine groups is 1. The molecule has 4 rings (SSSR count). The number of benzene rings is 2. The van der Waals surface area contributed by atoms with Gasteiger partial charge in [-0.05, 0) is 36.4 Å². The Balaban J connectivity index is 1.49.